The lowest BCUT2D eigenvalue weighted by molar-refractivity contribution is -0.0136. The molecule has 0 aromatic heterocycles. The van der Waals surface area contributed by atoms with E-state index < -0.39 is 0 Å². The maximum atomic E-state index is 9.83. The number of rotatable bonds is 4. The average Bonchev–Trinajstić information content (AvgIpc) is 2.87. The summed E-state index contributed by atoms with van der Waals surface area (Å²) in [6.45, 7) is 1.72. The van der Waals surface area contributed by atoms with E-state index in [2.05, 4.69) is 0 Å². The van der Waals surface area contributed by atoms with E-state index in [4.69, 9.17) is 9.47 Å². The van der Waals surface area contributed by atoms with Crippen molar-refractivity contribution in [3.05, 3.63) is 0 Å². The van der Waals surface area contributed by atoms with Crippen molar-refractivity contribution in [3.63, 3.8) is 0 Å². The van der Waals surface area contributed by atoms with E-state index in [9.17, 15) is 5.11 Å². The topological polar surface area (TPSA) is 38.7 Å². The first kappa shape index (κ1) is 10.4. The van der Waals surface area contributed by atoms with Gasteiger partial charge in [-0.25, -0.2) is 0 Å². The third-order valence-corrected chi connectivity index (χ3v) is 3.20. The number of hydrogen-bond donors (Lipinski definition) is 1. The Bertz CT molecular complexity index is 160. The van der Waals surface area contributed by atoms with Gasteiger partial charge in [-0.15, -0.1) is 0 Å². The fourth-order valence-corrected chi connectivity index (χ4v) is 2.32. The van der Waals surface area contributed by atoms with Gasteiger partial charge >= 0.3 is 0 Å². The van der Waals surface area contributed by atoms with E-state index in [1.807, 2.05) is 0 Å². The zero-order chi connectivity index (χ0) is 9.80. The average molecular weight is 200 g/mol. The SMILES string of the molecule is OC(CCC1CCCO1)C1CCCO1. The minimum absolute atomic E-state index is 0.0939. The van der Waals surface area contributed by atoms with Crippen LogP contribution in [-0.4, -0.2) is 36.6 Å². The molecule has 0 aromatic rings. The second-order valence-corrected chi connectivity index (χ2v) is 4.33. The summed E-state index contributed by atoms with van der Waals surface area (Å²) in [6, 6.07) is 0. The van der Waals surface area contributed by atoms with Gasteiger partial charge in [-0.3, -0.25) is 0 Å². The molecule has 14 heavy (non-hydrogen) atoms. The highest BCUT2D eigenvalue weighted by Crippen LogP contribution is 2.22. The van der Waals surface area contributed by atoms with Crippen molar-refractivity contribution in [2.45, 2.75) is 56.8 Å². The molecule has 3 unspecified atom stereocenters. The molecular weight excluding hydrogens is 180 g/mol. The maximum Gasteiger partial charge on any atom is 0.0834 e. The number of ether oxygens (including phenoxy) is 2. The van der Waals surface area contributed by atoms with Crippen molar-refractivity contribution in [2.75, 3.05) is 13.2 Å². The Morgan fingerprint density at radius 2 is 1.93 bits per heavy atom. The summed E-state index contributed by atoms with van der Waals surface area (Å²) in [5.41, 5.74) is 0. The van der Waals surface area contributed by atoms with Crippen LogP contribution in [0.5, 0.6) is 0 Å². The number of aliphatic hydroxyl groups is 1. The van der Waals surface area contributed by atoms with Crippen LogP contribution >= 0.6 is 0 Å². The third-order valence-electron chi connectivity index (χ3n) is 3.20. The highest BCUT2D eigenvalue weighted by atomic mass is 16.5. The zero-order valence-corrected chi connectivity index (χ0v) is 8.65. The molecule has 2 fully saturated rings. The van der Waals surface area contributed by atoms with Gasteiger partial charge in [-0.1, -0.05) is 0 Å². The first-order valence-corrected chi connectivity index (χ1v) is 5.77. The molecule has 3 heteroatoms. The molecule has 2 aliphatic heterocycles. The first-order valence-electron chi connectivity index (χ1n) is 5.77. The number of hydrogen-bond acceptors (Lipinski definition) is 3. The van der Waals surface area contributed by atoms with Gasteiger partial charge in [0.2, 0.25) is 0 Å². The van der Waals surface area contributed by atoms with Gasteiger partial charge in [-0.05, 0) is 38.5 Å². The molecule has 0 aliphatic carbocycles. The Kier molecular flexibility index (Phi) is 3.79. The zero-order valence-electron chi connectivity index (χ0n) is 8.65. The third kappa shape index (κ3) is 2.69. The molecule has 0 saturated carbocycles. The van der Waals surface area contributed by atoms with Crippen molar-refractivity contribution >= 4 is 0 Å². The minimum atomic E-state index is -0.276. The van der Waals surface area contributed by atoms with E-state index in [1.165, 1.54) is 6.42 Å². The van der Waals surface area contributed by atoms with Gasteiger partial charge in [0.25, 0.3) is 0 Å². The fourth-order valence-electron chi connectivity index (χ4n) is 2.32. The van der Waals surface area contributed by atoms with Gasteiger partial charge < -0.3 is 14.6 Å². The lowest BCUT2D eigenvalue weighted by atomic mass is 10.0. The predicted molar refractivity (Wildman–Crippen MR) is 53.2 cm³/mol. The highest BCUT2D eigenvalue weighted by Gasteiger charge is 2.25. The molecular formula is C11H20O3. The predicted octanol–water partition coefficient (Wildman–Crippen LogP) is 1.49. The van der Waals surface area contributed by atoms with E-state index in [-0.39, 0.29) is 12.2 Å². The monoisotopic (exact) mass is 200 g/mol. The largest absolute Gasteiger partial charge is 0.390 e. The van der Waals surface area contributed by atoms with Crippen LogP contribution < -0.4 is 0 Å². The maximum absolute atomic E-state index is 9.83. The molecule has 0 amide bonds. The molecule has 0 bridgehead atoms. The van der Waals surface area contributed by atoms with Crippen LogP contribution in [0.15, 0.2) is 0 Å². The van der Waals surface area contributed by atoms with Crippen molar-refractivity contribution in [1.82, 2.24) is 0 Å². The summed E-state index contributed by atoms with van der Waals surface area (Å²) in [6.07, 6.45) is 6.49. The lowest BCUT2D eigenvalue weighted by Gasteiger charge is -2.18. The van der Waals surface area contributed by atoms with Crippen molar-refractivity contribution in [2.24, 2.45) is 0 Å². The molecule has 0 radical (unpaired) electrons. The summed E-state index contributed by atoms with van der Waals surface area (Å²) in [5, 5.41) is 9.83. The lowest BCUT2D eigenvalue weighted by Crippen LogP contribution is -2.26. The van der Waals surface area contributed by atoms with Crippen LogP contribution in [0.2, 0.25) is 0 Å². The molecule has 2 rings (SSSR count). The van der Waals surface area contributed by atoms with E-state index in [0.29, 0.717) is 6.10 Å². The van der Waals surface area contributed by atoms with Crippen LogP contribution in [-0.2, 0) is 9.47 Å². The van der Waals surface area contributed by atoms with Crippen LogP contribution in [0, 0.1) is 0 Å². The summed E-state index contributed by atoms with van der Waals surface area (Å²) in [4.78, 5) is 0. The van der Waals surface area contributed by atoms with Crippen molar-refractivity contribution in [1.29, 1.82) is 0 Å². The molecule has 2 heterocycles. The Labute approximate surface area is 85.4 Å². The van der Waals surface area contributed by atoms with E-state index in [1.54, 1.807) is 0 Å². The molecule has 2 saturated heterocycles. The Morgan fingerprint density at radius 3 is 2.57 bits per heavy atom. The van der Waals surface area contributed by atoms with Gasteiger partial charge in [-0.2, -0.15) is 0 Å². The van der Waals surface area contributed by atoms with E-state index >= 15 is 0 Å². The van der Waals surface area contributed by atoms with Crippen molar-refractivity contribution < 1.29 is 14.6 Å². The molecule has 3 nitrogen and oxygen atoms in total. The van der Waals surface area contributed by atoms with Crippen LogP contribution in [0.1, 0.15) is 38.5 Å². The van der Waals surface area contributed by atoms with Crippen LogP contribution in [0.4, 0.5) is 0 Å². The molecule has 1 N–H and O–H groups in total. The smallest absolute Gasteiger partial charge is 0.0834 e. The Hall–Kier alpha value is -0.120. The Morgan fingerprint density at radius 1 is 1.14 bits per heavy atom. The molecule has 2 aliphatic rings. The summed E-state index contributed by atoms with van der Waals surface area (Å²) >= 11 is 0. The van der Waals surface area contributed by atoms with Crippen LogP contribution in [0.25, 0.3) is 0 Å². The quantitative estimate of drug-likeness (QED) is 0.747. The second kappa shape index (κ2) is 5.10. The van der Waals surface area contributed by atoms with Gasteiger partial charge in [0, 0.05) is 13.2 Å². The molecule has 82 valence electrons. The normalized spacial score (nSPS) is 34.9. The summed E-state index contributed by atoms with van der Waals surface area (Å²) in [5.74, 6) is 0. The fraction of sp³-hybridized carbons (Fsp3) is 1.00. The van der Waals surface area contributed by atoms with Gasteiger partial charge in [0.05, 0.1) is 18.3 Å². The first-order chi connectivity index (χ1) is 6.86. The second-order valence-electron chi connectivity index (χ2n) is 4.33. The summed E-state index contributed by atoms with van der Waals surface area (Å²) < 4.78 is 11.0. The highest BCUT2D eigenvalue weighted by molar-refractivity contribution is 4.75. The van der Waals surface area contributed by atoms with Gasteiger partial charge in [0.15, 0.2) is 0 Å². The molecule has 3 atom stereocenters. The minimum Gasteiger partial charge on any atom is -0.390 e. The van der Waals surface area contributed by atoms with Crippen LogP contribution in [0.3, 0.4) is 0 Å². The van der Waals surface area contributed by atoms with E-state index in [0.717, 1.165) is 45.3 Å². The Balaban J connectivity index is 1.63. The molecule has 0 spiro atoms. The van der Waals surface area contributed by atoms with Crippen molar-refractivity contribution in [3.8, 4) is 0 Å². The van der Waals surface area contributed by atoms with Gasteiger partial charge in [0.1, 0.15) is 0 Å². The summed E-state index contributed by atoms with van der Waals surface area (Å²) in [7, 11) is 0. The molecule has 0 aromatic carbocycles. The number of aliphatic hydroxyl groups excluding tert-OH is 1. The standard InChI is InChI=1S/C11H20O3/c12-10(11-4-2-8-14-11)6-5-9-3-1-7-13-9/h9-12H,1-8H2.